The molecule has 0 atom stereocenters. The van der Waals surface area contributed by atoms with E-state index in [2.05, 4.69) is 22.0 Å². The fourth-order valence-electron chi connectivity index (χ4n) is 2.93. The third-order valence-corrected chi connectivity index (χ3v) is 3.97. The van der Waals surface area contributed by atoms with Crippen molar-refractivity contribution in [2.45, 2.75) is 12.8 Å². The second-order valence-corrected chi connectivity index (χ2v) is 5.30. The van der Waals surface area contributed by atoms with E-state index in [0.29, 0.717) is 22.5 Å². The third kappa shape index (κ3) is 2.23. The summed E-state index contributed by atoms with van der Waals surface area (Å²) in [6, 6.07) is 13.9. The Hall–Kier alpha value is -3.05. The van der Waals surface area contributed by atoms with E-state index < -0.39 is 0 Å². The van der Waals surface area contributed by atoms with Gasteiger partial charge in [-0.3, -0.25) is 4.90 Å². The van der Waals surface area contributed by atoms with Crippen LogP contribution in [0.4, 0.5) is 11.6 Å². The molecule has 22 heavy (non-hydrogen) atoms. The van der Waals surface area contributed by atoms with E-state index >= 15 is 0 Å². The smallest absolute Gasteiger partial charge is 0.240 e. The number of anilines is 2. The highest BCUT2D eigenvalue weighted by Gasteiger charge is 2.28. The van der Waals surface area contributed by atoms with Crippen molar-refractivity contribution in [2.24, 2.45) is 0 Å². The predicted octanol–water partition coefficient (Wildman–Crippen LogP) is 2.09. The minimum atomic E-state index is 0.308. The van der Waals surface area contributed by atoms with Crippen LogP contribution in [0.25, 0.3) is 11.1 Å². The first kappa shape index (κ1) is 13.9. The van der Waals surface area contributed by atoms with Gasteiger partial charge in [0.2, 0.25) is 11.6 Å². The SMILES string of the molecule is N#Cc1c(N)[nH+]c(N2CCCC2)c(C#N)c1-c1ccccc1. The lowest BCUT2D eigenvalue weighted by Gasteiger charge is -2.16. The molecule has 5 heteroatoms. The largest absolute Gasteiger partial charge is 0.318 e. The minimum absolute atomic E-state index is 0.308. The summed E-state index contributed by atoms with van der Waals surface area (Å²) in [6.07, 6.45) is 2.19. The fourth-order valence-corrected chi connectivity index (χ4v) is 2.93. The average molecular weight is 290 g/mol. The van der Waals surface area contributed by atoms with Gasteiger partial charge in [0.1, 0.15) is 23.3 Å². The van der Waals surface area contributed by atoms with Gasteiger partial charge >= 0.3 is 0 Å². The van der Waals surface area contributed by atoms with Gasteiger partial charge in [-0.25, -0.2) is 4.98 Å². The molecule has 0 radical (unpaired) electrons. The second kappa shape index (κ2) is 5.75. The standard InChI is InChI=1S/C17H15N5/c18-10-13-15(12-6-2-1-3-7-12)14(11-19)17(21-16(13)20)22-8-4-5-9-22/h1-3,6-7H,4-5,8-9H2,(H2,20,21)/p+1. The van der Waals surface area contributed by atoms with Gasteiger partial charge in [0.25, 0.3) is 0 Å². The molecule has 108 valence electrons. The average Bonchev–Trinajstić information content (AvgIpc) is 3.09. The van der Waals surface area contributed by atoms with Crippen LogP contribution in [0, 0.1) is 22.7 Å². The zero-order chi connectivity index (χ0) is 15.5. The Morgan fingerprint density at radius 2 is 1.64 bits per heavy atom. The number of nitrogens with two attached hydrogens (primary N) is 1. The summed E-state index contributed by atoms with van der Waals surface area (Å²) < 4.78 is 0. The molecule has 0 amide bonds. The van der Waals surface area contributed by atoms with E-state index in [1.165, 1.54) is 0 Å². The van der Waals surface area contributed by atoms with Crippen LogP contribution in [0.1, 0.15) is 24.0 Å². The van der Waals surface area contributed by atoms with E-state index in [4.69, 9.17) is 5.73 Å². The topological polar surface area (TPSA) is 91.0 Å². The molecule has 1 saturated heterocycles. The molecule has 0 saturated carbocycles. The van der Waals surface area contributed by atoms with Crippen LogP contribution < -0.4 is 15.6 Å². The summed E-state index contributed by atoms with van der Waals surface area (Å²) in [5.41, 5.74) is 8.30. The maximum Gasteiger partial charge on any atom is 0.240 e. The van der Waals surface area contributed by atoms with E-state index in [9.17, 15) is 10.5 Å². The van der Waals surface area contributed by atoms with Gasteiger partial charge in [-0.05, 0) is 18.4 Å². The summed E-state index contributed by atoms with van der Waals surface area (Å²) in [5.74, 6) is 1.03. The summed E-state index contributed by atoms with van der Waals surface area (Å²) in [4.78, 5) is 5.18. The van der Waals surface area contributed by atoms with Crippen molar-refractivity contribution in [3.05, 3.63) is 41.5 Å². The highest BCUT2D eigenvalue weighted by molar-refractivity contribution is 5.83. The van der Waals surface area contributed by atoms with Crippen LogP contribution in [0.5, 0.6) is 0 Å². The molecule has 1 fully saturated rings. The van der Waals surface area contributed by atoms with Gasteiger partial charge in [0.15, 0.2) is 0 Å². The molecule has 3 N–H and O–H groups in total. The number of aromatic nitrogens is 1. The number of benzene rings is 1. The lowest BCUT2D eigenvalue weighted by atomic mass is 9.96. The number of nitrogen functional groups attached to an aromatic ring is 1. The Morgan fingerprint density at radius 1 is 1.00 bits per heavy atom. The monoisotopic (exact) mass is 290 g/mol. The van der Waals surface area contributed by atoms with Gasteiger partial charge in [-0.15, -0.1) is 0 Å². The summed E-state index contributed by atoms with van der Waals surface area (Å²) in [6.45, 7) is 1.79. The molecule has 2 aromatic rings. The first-order chi connectivity index (χ1) is 10.8. The quantitative estimate of drug-likeness (QED) is 0.916. The zero-order valence-corrected chi connectivity index (χ0v) is 12.1. The highest BCUT2D eigenvalue weighted by Crippen LogP contribution is 2.34. The van der Waals surface area contributed by atoms with Crippen molar-refractivity contribution in [3.8, 4) is 23.3 Å². The number of nitrogens with one attached hydrogen (secondary N) is 1. The third-order valence-electron chi connectivity index (χ3n) is 3.97. The maximum atomic E-state index is 9.68. The lowest BCUT2D eigenvalue weighted by molar-refractivity contribution is -0.346. The van der Waals surface area contributed by atoms with E-state index in [1.807, 2.05) is 30.3 Å². The van der Waals surface area contributed by atoms with Gasteiger partial charge in [0, 0.05) is 5.56 Å². The first-order valence-corrected chi connectivity index (χ1v) is 7.25. The maximum absolute atomic E-state index is 9.68. The zero-order valence-electron chi connectivity index (χ0n) is 12.1. The van der Waals surface area contributed by atoms with Crippen LogP contribution >= 0.6 is 0 Å². The first-order valence-electron chi connectivity index (χ1n) is 7.25. The Bertz CT molecular complexity index is 777. The molecule has 0 bridgehead atoms. The number of hydrogen-bond donors (Lipinski definition) is 1. The van der Waals surface area contributed by atoms with Crippen molar-refractivity contribution in [3.63, 3.8) is 0 Å². The van der Waals surface area contributed by atoms with Crippen molar-refractivity contribution in [1.82, 2.24) is 0 Å². The van der Waals surface area contributed by atoms with Crippen molar-refractivity contribution in [2.75, 3.05) is 23.7 Å². The Morgan fingerprint density at radius 3 is 2.23 bits per heavy atom. The van der Waals surface area contributed by atoms with Crippen LogP contribution in [0.15, 0.2) is 30.3 Å². The van der Waals surface area contributed by atoms with E-state index in [1.54, 1.807) is 0 Å². The Kier molecular flexibility index (Phi) is 3.64. The minimum Gasteiger partial charge on any atom is -0.318 e. The van der Waals surface area contributed by atoms with Crippen LogP contribution in [0.2, 0.25) is 0 Å². The lowest BCUT2D eigenvalue weighted by Crippen LogP contribution is -2.30. The number of hydrogen-bond acceptors (Lipinski definition) is 4. The number of aromatic amines is 1. The molecular formula is C17H16N5+. The van der Waals surface area contributed by atoms with E-state index in [0.717, 1.165) is 37.3 Å². The van der Waals surface area contributed by atoms with Crippen LogP contribution in [-0.4, -0.2) is 13.1 Å². The van der Waals surface area contributed by atoms with Crippen LogP contribution in [0.3, 0.4) is 0 Å². The predicted molar refractivity (Wildman–Crippen MR) is 83.7 cm³/mol. The summed E-state index contributed by atoms with van der Waals surface area (Å²) in [7, 11) is 0. The molecule has 1 aliphatic rings. The molecule has 2 heterocycles. The number of pyridine rings is 1. The van der Waals surface area contributed by atoms with Crippen molar-refractivity contribution in [1.29, 1.82) is 10.5 Å². The molecular weight excluding hydrogens is 274 g/mol. The van der Waals surface area contributed by atoms with Gasteiger partial charge in [0.05, 0.1) is 13.1 Å². The second-order valence-electron chi connectivity index (χ2n) is 5.30. The molecule has 3 rings (SSSR count). The molecule has 5 nitrogen and oxygen atoms in total. The number of H-pyrrole nitrogens is 1. The molecule has 1 aliphatic heterocycles. The number of nitriles is 2. The summed E-state index contributed by atoms with van der Waals surface area (Å²) >= 11 is 0. The van der Waals surface area contributed by atoms with Gasteiger partial charge in [-0.1, -0.05) is 30.3 Å². The number of nitrogens with zero attached hydrogens (tertiary/aromatic N) is 3. The summed E-state index contributed by atoms with van der Waals surface area (Å²) in [5, 5.41) is 19.1. The molecule has 0 spiro atoms. The van der Waals surface area contributed by atoms with Crippen LogP contribution in [-0.2, 0) is 0 Å². The molecule has 1 aromatic heterocycles. The molecule has 1 aromatic carbocycles. The highest BCUT2D eigenvalue weighted by atomic mass is 15.2. The van der Waals surface area contributed by atoms with Gasteiger partial charge in [-0.2, -0.15) is 10.5 Å². The number of rotatable bonds is 2. The normalized spacial score (nSPS) is 13.6. The van der Waals surface area contributed by atoms with E-state index in [-0.39, 0.29) is 0 Å². The fraction of sp³-hybridized carbons (Fsp3) is 0.235. The van der Waals surface area contributed by atoms with Gasteiger partial charge < -0.3 is 5.73 Å². The van der Waals surface area contributed by atoms with Crippen molar-refractivity contribution >= 4 is 11.6 Å². The Balaban J connectivity index is 2.30. The molecule has 0 aliphatic carbocycles. The Labute approximate surface area is 129 Å². The molecule has 0 unspecified atom stereocenters. The van der Waals surface area contributed by atoms with Crippen molar-refractivity contribution < 1.29 is 4.98 Å².